The molecule has 0 aliphatic carbocycles. The van der Waals surface area contributed by atoms with Crippen LogP contribution in [-0.4, -0.2) is 13.1 Å². The fraction of sp³-hybridized carbons (Fsp3) is 0.348. The number of fused-ring (bicyclic) bond motifs is 1. The highest BCUT2D eigenvalue weighted by atomic mass is 28.3. The van der Waals surface area contributed by atoms with E-state index in [4.69, 9.17) is 0 Å². The summed E-state index contributed by atoms with van der Waals surface area (Å²) in [6.45, 7) is 11.6. The molecule has 0 aliphatic heterocycles. The van der Waals surface area contributed by atoms with Crippen molar-refractivity contribution in [2.24, 2.45) is 0 Å². The molecule has 0 radical (unpaired) electrons. The summed E-state index contributed by atoms with van der Waals surface area (Å²) in [5.41, 5.74) is 6.57. The molecule has 0 spiro atoms. The van der Waals surface area contributed by atoms with Crippen molar-refractivity contribution in [3.63, 3.8) is 0 Å². The molecule has 3 aromatic rings. The molecular weight excluding hydrogens is 318 g/mol. The van der Waals surface area contributed by atoms with Crippen molar-refractivity contribution < 1.29 is 0 Å². The van der Waals surface area contributed by atoms with Crippen LogP contribution in [0.3, 0.4) is 0 Å². The standard InChI is InChI=1S/C23H29NSi/c1-6-25(7-2,8-3)22-12-11-21-20(10-9-13-24-21)23(22)19-15-17(4)14-18(5)16-19/h9-16H,6-8H2,1-5H3. The quantitative estimate of drug-likeness (QED) is 0.498. The average molecular weight is 348 g/mol. The lowest BCUT2D eigenvalue weighted by atomic mass is 9.97. The van der Waals surface area contributed by atoms with Crippen molar-refractivity contribution in [2.75, 3.05) is 0 Å². The molecule has 0 saturated heterocycles. The maximum atomic E-state index is 4.63. The van der Waals surface area contributed by atoms with E-state index in [1.807, 2.05) is 6.20 Å². The highest BCUT2D eigenvalue weighted by molar-refractivity contribution is 6.92. The first-order chi connectivity index (χ1) is 12.0. The van der Waals surface area contributed by atoms with Crippen LogP contribution in [-0.2, 0) is 0 Å². The van der Waals surface area contributed by atoms with Crippen molar-refractivity contribution in [1.29, 1.82) is 0 Å². The molecule has 1 heterocycles. The third kappa shape index (κ3) is 3.16. The Morgan fingerprint density at radius 1 is 0.840 bits per heavy atom. The number of pyridine rings is 1. The van der Waals surface area contributed by atoms with Crippen molar-refractivity contribution in [3.8, 4) is 11.1 Å². The van der Waals surface area contributed by atoms with Gasteiger partial charge in [-0.2, -0.15) is 0 Å². The molecular formula is C23H29NSi. The van der Waals surface area contributed by atoms with Gasteiger partial charge in [-0.1, -0.05) is 85.5 Å². The van der Waals surface area contributed by atoms with E-state index in [0.717, 1.165) is 5.52 Å². The Bertz CT molecular complexity index is 865. The predicted molar refractivity (Wildman–Crippen MR) is 113 cm³/mol. The summed E-state index contributed by atoms with van der Waals surface area (Å²) in [4.78, 5) is 4.63. The highest BCUT2D eigenvalue weighted by Crippen LogP contribution is 2.33. The van der Waals surface area contributed by atoms with Gasteiger partial charge in [0.25, 0.3) is 0 Å². The van der Waals surface area contributed by atoms with Crippen molar-refractivity contribution in [2.45, 2.75) is 52.8 Å². The number of aryl methyl sites for hydroxylation is 2. The van der Waals surface area contributed by atoms with Crippen LogP contribution in [0.15, 0.2) is 48.7 Å². The molecule has 0 fully saturated rings. The number of nitrogens with zero attached hydrogens (tertiary/aromatic N) is 1. The predicted octanol–water partition coefficient (Wildman–Crippen LogP) is 6.23. The molecule has 3 rings (SSSR count). The van der Waals surface area contributed by atoms with Crippen LogP contribution in [0.2, 0.25) is 18.1 Å². The minimum atomic E-state index is -1.50. The normalized spacial score (nSPS) is 11.9. The second-order valence-electron chi connectivity index (χ2n) is 7.28. The molecule has 130 valence electrons. The number of aromatic nitrogens is 1. The Morgan fingerprint density at radius 2 is 1.48 bits per heavy atom. The Hall–Kier alpha value is -1.93. The summed E-state index contributed by atoms with van der Waals surface area (Å²) < 4.78 is 0. The molecule has 0 bridgehead atoms. The second kappa shape index (κ2) is 7.13. The lowest BCUT2D eigenvalue weighted by molar-refractivity contribution is 1.19. The van der Waals surface area contributed by atoms with E-state index in [9.17, 15) is 0 Å². The van der Waals surface area contributed by atoms with Gasteiger partial charge in [0.2, 0.25) is 0 Å². The topological polar surface area (TPSA) is 12.9 Å². The molecule has 25 heavy (non-hydrogen) atoms. The van der Waals surface area contributed by atoms with Crippen LogP contribution in [0.1, 0.15) is 31.9 Å². The maximum absolute atomic E-state index is 4.63. The minimum absolute atomic E-state index is 1.10. The minimum Gasteiger partial charge on any atom is -0.256 e. The van der Waals surface area contributed by atoms with Crippen LogP contribution >= 0.6 is 0 Å². The fourth-order valence-corrected chi connectivity index (χ4v) is 8.23. The van der Waals surface area contributed by atoms with Gasteiger partial charge in [0.15, 0.2) is 0 Å². The van der Waals surface area contributed by atoms with Gasteiger partial charge in [0.05, 0.1) is 13.6 Å². The average Bonchev–Trinajstić information content (AvgIpc) is 2.62. The molecule has 2 aromatic carbocycles. The third-order valence-corrected chi connectivity index (χ3v) is 11.5. The lowest BCUT2D eigenvalue weighted by Crippen LogP contribution is -2.46. The smallest absolute Gasteiger partial charge is 0.0867 e. The summed E-state index contributed by atoms with van der Waals surface area (Å²) in [5, 5.41) is 2.92. The van der Waals surface area contributed by atoms with Gasteiger partial charge < -0.3 is 0 Å². The zero-order valence-electron chi connectivity index (χ0n) is 16.2. The molecule has 1 aromatic heterocycles. The van der Waals surface area contributed by atoms with Crippen LogP contribution in [0.4, 0.5) is 0 Å². The summed E-state index contributed by atoms with van der Waals surface area (Å²) in [6.07, 6.45) is 1.90. The van der Waals surface area contributed by atoms with E-state index >= 15 is 0 Å². The van der Waals surface area contributed by atoms with Crippen LogP contribution in [0.25, 0.3) is 22.0 Å². The SMILES string of the molecule is CC[Si](CC)(CC)c1ccc2ncccc2c1-c1cc(C)cc(C)c1. The lowest BCUT2D eigenvalue weighted by Gasteiger charge is -2.32. The first kappa shape index (κ1) is 17.9. The summed E-state index contributed by atoms with van der Waals surface area (Å²) in [7, 11) is -1.50. The largest absolute Gasteiger partial charge is 0.256 e. The molecule has 0 saturated carbocycles. The molecule has 0 amide bonds. The fourth-order valence-electron chi connectivity index (χ4n) is 4.35. The maximum Gasteiger partial charge on any atom is 0.0867 e. The number of rotatable bonds is 5. The van der Waals surface area contributed by atoms with Crippen molar-refractivity contribution >= 4 is 24.2 Å². The molecule has 1 nitrogen and oxygen atoms in total. The van der Waals surface area contributed by atoms with Gasteiger partial charge in [-0.15, -0.1) is 0 Å². The zero-order chi connectivity index (χ0) is 18.0. The molecule has 2 heteroatoms. The van der Waals surface area contributed by atoms with Crippen molar-refractivity contribution in [3.05, 3.63) is 59.8 Å². The van der Waals surface area contributed by atoms with Gasteiger partial charge in [-0.3, -0.25) is 4.98 Å². The highest BCUT2D eigenvalue weighted by Gasteiger charge is 2.32. The van der Waals surface area contributed by atoms with Crippen LogP contribution in [0, 0.1) is 13.8 Å². The molecule has 0 aliphatic rings. The van der Waals surface area contributed by atoms with E-state index < -0.39 is 8.07 Å². The van der Waals surface area contributed by atoms with E-state index in [2.05, 4.69) is 82.1 Å². The Balaban J connectivity index is 2.42. The van der Waals surface area contributed by atoms with Gasteiger partial charge in [0.1, 0.15) is 0 Å². The number of benzene rings is 2. The van der Waals surface area contributed by atoms with Crippen LogP contribution < -0.4 is 5.19 Å². The Labute approximate surface area is 153 Å². The summed E-state index contributed by atoms with van der Waals surface area (Å²) in [5.74, 6) is 0. The van der Waals surface area contributed by atoms with Crippen LogP contribution in [0.5, 0.6) is 0 Å². The molecule has 0 atom stereocenters. The van der Waals surface area contributed by atoms with E-state index in [0.29, 0.717) is 0 Å². The third-order valence-electron chi connectivity index (χ3n) is 5.90. The number of hydrogen-bond donors (Lipinski definition) is 0. The van der Waals surface area contributed by atoms with Crippen molar-refractivity contribution in [1.82, 2.24) is 4.98 Å². The Kier molecular flexibility index (Phi) is 5.10. The summed E-state index contributed by atoms with van der Waals surface area (Å²) >= 11 is 0. The van der Waals surface area contributed by atoms with Gasteiger partial charge in [-0.05, 0) is 37.1 Å². The second-order valence-corrected chi connectivity index (χ2v) is 12.5. The molecule has 0 N–H and O–H groups in total. The zero-order valence-corrected chi connectivity index (χ0v) is 17.2. The van der Waals surface area contributed by atoms with E-state index in [1.54, 1.807) is 5.19 Å². The summed E-state index contributed by atoms with van der Waals surface area (Å²) in [6, 6.07) is 19.8. The number of hydrogen-bond acceptors (Lipinski definition) is 1. The van der Waals surface area contributed by atoms with Gasteiger partial charge in [0, 0.05) is 11.6 Å². The van der Waals surface area contributed by atoms with E-state index in [1.165, 1.54) is 45.8 Å². The van der Waals surface area contributed by atoms with E-state index in [-0.39, 0.29) is 0 Å². The van der Waals surface area contributed by atoms with Gasteiger partial charge in [-0.25, -0.2) is 0 Å². The molecule has 0 unspecified atom stereocenters. The Morgan fingerprint density at radius 3 is 2.08 bits per heavy atom. The first-order valence-electron chi connectivity index (χ1n) is 9.51. The van der Waals surface area contributed by atoms with Gasteiger partial charge >= 0.3 is 0 Å². The first-order valence-corrected chi connectivity index (χ1v) is 12.1. The monoisotopic (exact) mass is 347 g/mol.